The van der Waals surface area contributed by atoms with Gasteiger partial charge in [0, 0.05) is 0 Å². The topological polar surface area (TPSA) is 96.5 Å². The monoisotopic (exact) mass is 133 g/mol. The van der Waals surface area contributed by atoms with E-state index in [1.807, 2.05) is 0 Å². The van der Waals surface area contributed by atoms with E-state index in [0.29, 0.717) is 0 Å². The fourth-order valence-corrected chi connectivity index (χ4v) is 0. The first kappa shape index (κ1) is 78.3. The van der Waals surface area contributed by atoms with Crippen molar-refractivity contribution in [3.8, 4) is 0 Å². The molecule has 0 rings (SSSR count). The Morgan fingerprint density at radius 3 is 0.833 bits per heavy atom. The van der Waals surface area contributed by atoms with Crippen LogP contribution in [0.4, 0.5) is 0 Å². The molecule has 0 aromatic heterocycles. The molecule has 0 atom stereocenters. The molecule has 6 heavy (non-hydrogen) atoms. The Hall–Kier alpha value is 2.45. The average molecular weight is 133 g/mol. The van der Waals surface area contributed by atoms with Crippen LogP contribution in [0.1, 0.15) is 0 Å². The molecule has 0 bridgehead atoms. The number of quaternary nitrogens is 1. The molecular formula is H6FKNNaO2. The van der Waals surface area contributed by atoms with Gasteiger partial charge in [-0.2, -0.15) is 0 Å². The summed E-state index contributed by atoms with van der Waals surface area (Å²) in [5.74, 6) is 0. The first-order valence-electron chi connectivity index (χ1n) is 0. The van der Waals surface area contributed by atoms with E-state index < -0.39 is 0 Å². The van der Waals surface area contributed by atoms with Gasteiger partial charge in [0.25, 0.3) is 0 Å². The minimum absolute atomic E-state index is 0. The zero-order chi connectivity index (χ0) is 0. The molecule has 0 heterocycles. The number of hydrogen-bond acceptors (Lipinski definition) is 2. The minimum atomic E-state index is 0. The largest absolute Gasteiger partial charge is 1.00 e. The molecule has 0 aliphatic heterocycles. The Balaban J connectivity index is 0. The van der Waals surface area contributed by atoms with E-state index in [1.54, 1.807) is 0 Å². The predicted octanol–water partition coefficient (Wildman–Crippen LogP) is -8.97. The van der Waals surface area contributed by atoms with Crippen LogP contribution in [0.25, 0.3) is 0 Å². The Morgan fingerprint density at radius 1 is 0.833 bits per heavy atom. The second-order valence-corrected chi connectivity index (χ2v) is 0. The van der Waals surface area contributed by atoms with Crippen molar-refractivity contribution in [1.29, 1.82) is 0 Å². The van der Waals surface area contributed by atoms with Gasteiger partial charge in [0.15, 0.2) is 0 Å². The van der Waals surface area contributed by atoms with Gasteiger partial charge in [-0.15, -0.1) is 0 Å². The summed E-state index contributed by atoms with van der Waals surface area (Å²) in [6.07, 6.45) is 0. The van der Waals surface area contributed by atoms with Crippen LogP contribution in [-0.4, -0.2) is 11.0 Å². The third kappa shape index (κ3) is 32.0. The van der Waals surface area contributed by atoms with Gasteiger partial charge < -0.3 is 21.8 Å². The van der Waals surface area contributed by atoms with Crippen LogP contribution in [0.2, 0.25) is 0 Å². The Labute approximate surface area is 101 Å². The molecule has 0 aliphatic rings. The van der Waals surface area contributed by atoms with Crippen molar-refractivity contribution in [3.05, 3.63) is 0 Å². The van der Waals surface area contributed by atoms with Gasteiger partial charge in [-0.1, -0.05) is 0 Å². The molecule has 3 nitrogen and oxygen atoms in total. The van der Waals surface area contributed by atoms with Gasteiger partial charge >= 0.3 is 80.9 Å². The van der Waals surface area contributed by atoms with E-state index in [4.69, 9.17) is 0 Å². The third-order valence-corrected chi connectivity index (χ3v) is 0. The smallest absolute Gasteiger partial charge is 1.00 e. The first-order chi connectivity index (χ1) is 0. The van der Waals surface area contributed by atoms with Crippen molar-refractivity contribution in [2.24, 2.45) is 0 Å². The summed E-state index contributed by atoms with van der Waals surface area (Å²) in [4.78, 5) is 0. The van der Waals surface area contributed by atoms with Crippen LogP contribution in [0.15, 0.2) is 0 Å². The molecule has 0 aliphatic carbocycles. The van der Waals surface area contributed by atoms with Crippen molar-refractivity contribution >= 4 is 0 Å². The fourth-order valence-electron chi connectivity index (χ4n) is 0. The summed E-state index contributed by atoms with van der Waals surface area (Å²) in [7, 11) is 0. The first-order valence-corrected chi connectivity index (χ1v) is 0. The zero-order valence-corrected chi connectivity index (χ0v) is 9.40. The summed E-state index contributed by atoms with van der Waals surface area (Å²) in [5, 5.41) is 0. The molecule has 0 saturated heterocycles. The Morgan fingerprint density at radius 2 is 0.833 bits per heavy atom. The maximum absolute atomic E-state index is 0. The van der Waals surface area contributed by atoms with Gasteiger partial charge in [-0.25, -0.2) is 0 Å². The van der Waals surface area contributed by atoms with Crippen LogP contribution in [-0.2, 0) is 0 Å². The molecule has 0 fully saturated rings. The summed E-state index contributed by atoms with van der Waals surface area (Å²) in [6.45, 7) is 0. The molecule has 6 heteroatoms. The fraction of sp³-hybridized carbons (Fsp3) is 0. The average Bonchev–Trinajstić information content (AvgIpc) is 0. The summed E-state index contributed by atoms with van der Waals surface area (Å²) < 4.78 is 0. The van der Waals surface area contributed by atoms with E-state index in [-0.39, 0.29) is 103 Å². The quantitative estimate of drug-likeness (QED) is 0.332. The predicted molar refractivity (Wildman–Crippen MR) is 9.86 cm³/mol. The second kappa shape index (κ2) is 51.7. The standard InChI is InChI=1S/FH.K.H3N.Na.2H2O/h1H;;1H3;;2*1H2/q;+1;;+1;;/p-2. The van der Waals surface area contributed by atoms with E-state index in [0.717, 1.165) is 0 Å². The van der Waals surface area contributed by atoms with Crippen LogP contribution >= 0.6 is 0 Å². The maximum atomic E-state index is 0. The van der Waals surface area contributed by atoms with Gasteiger partial charge in [-0.05, 0) is 0 Å². The van der Waals surface area contributed by atoms with Crippen molar-refractivity contribution in [2.75, 3.05) is 0 Å². The van der Waals surface area contributed by atoms with Gasteiger partial charge in [0.2, 0.25) is 0 Å². The molecular weight excluding hydrogens is 127 g/mol. The van der Waals surface area contributed by atoms with Crippen LogP contribution < -0.4 is 91.8 Å². The molecule has 0 amide bonds. The molecule has 0 radical (unpaired) electrons. The van der Waals surface area contributed by atoms with E-state index in [9.17, 15) is 0 Å². The Kier molecular flexibility index (Phi) is 674. The van der Waals surface area contributed by atoms with E-state index >= 15 is 0 Å². The SMILES string of the molecule is [F-].[K+].[NH4+].[Na+].[OH-].[OH-]. The molecule has 6 N–H and O–H groups in total. The summed E-state index contributed by atoms with van der Waals surface area (Å²) in [6, 6.07) is 0. The molecule has 0 unspecified atom stereocenters. The summed E-state index contributed by atoms with van der Waals surface area (Å²) >= 11 is 0. The molecule has 0 aromatic rings. The summed E-state index contributed by atoms with van der Waals surface area (Å²) in [5.41, 5.74) is 0. The normalized spacial score (nSPS) is 0. The number of hydrogen-bond donors (Lipinski definition) is 1. The van der Waals surface area contributed by atoms with E-state index in [1.165, 1.54) is 0 Å². The van der Waals surface area contributed by atoms with Crippen molar-refractivity contribution in [3.63, 3.8) is 0 Å². The van der Waals surface area contributed by atoms with Crippen LogP contribution in [0, 0.1) is 0 Å². The van der Waals surface area contributed by atoms with Gasteiger partial charge in [0.05, 0.1) is 0 Å². The number of rotatable bonds is 0. The van der Waals surface area contributed by atoms with Crippen molar-refractivity contribution < 1.29 is 96.6 Å². The van der Waals surface area contributed by atoms with E-state index in [2.05, 4.69) is 0 Å². The third-order valence-electron chi connectivity index (χ3n) is 0. The van der Waals surface area contributed by atoms with Crippen molar-refractivity contribution in [2.45, 2.75) is 0 Å². The van der Waals surface area contributed by atoms with Gasteiger partial charge in [0.1, 0.15) is 0 Å². The molecule has 0 spiro atoms. The molecule has 32 valence electrons. The van der Waals surface area contributed by atoms with Gasteiger partial charge in [-0.3, -0.25) is 0 Å². The zero-order valence-electron chi connectivity index (χ0n) is 4.27. The van der Waals surface area contributed by atoms with Crippen molar-refractivity contribution in [1.82, 2.24) is 6.15 Å². The maximum Gasteiger partial charge on any atom is 1.00 e. The van der Waals surface area contributed by atoms with Crippen LogP contribution in [0.3, 0.4) is 0 Å². The molecule has 0 aromatic carbocycles. The molecule has 0 saturated carbocycles. The minimum Gasteiger partial charge on any atom is -1.00 e. The number of halogens is 1. The van der Waals surface area contributed by atoms with Crippen LogP contribution in [0.5, 0.6) is 0 Å². The second-order valence-electron chi connectivity index (χ2n) is 0. The Bertz CT molecular complexity index is 13.5.